The highest BCUT2D eigenvalue weighted by atomic mass is 32.1. The van der Waals surface area contributed by atoms with Crippen molar-refractivity contribution in [3.63, 3.8) is 0 Å². The summed E-state index contributed by atoms with van der Waals surface area (Å²) in [6.07, 6.45) is 0. The van der Waals surface area contributed by atoms with Crippen LogP contribution in [0.3, 0.4) is 0 Å². The Morgan fingerprint density at radius 1 is 1.43 bits per heavy atom. The van der Waals surface area contributed by atoms with Crippen LogP contribution in [-0.4, -0.2) is 20.2 Å². The van der Waals surface area contributed by atoms with Crippen LogP contribution in [0.2, 0.25) is 0 Å². The maximum atomic E-state index is 11.3. The molecule has 0 amide bonds. The number of carbonyl (C=O) groups excluding carboxylic acids is 1. The molecule has 0 aromatic carbocycles. The van der Waals surface area contributed by atoms with Crippen LogP contribution in [0.15, 0.2) is 23.5 Å². The minimum absolute atomic E-state index is 0.0648. The lowest BCUT2D eigenvalue weighted by Gasteiger charge is -2.13. The molecule has 1 aromatic rings. The Balaban J connectivity index is 3.13. The van der Waals surface area contributed by atoms with Gasteiger partial charge in [-0.05, 0) is 18.6 Å². The summed E-state index contributed by atoms with van der Waals surface area (Å²) in [4.78, 5) is 11.8. The molecule has 14 heavy (non-hydrogen) atoms. The molecule has 0 aliphatic rings. The molecule has 1 aromatic heterocycles. The van der Waals surface area contributed by atoms with Crippen LogP contribution in [-0.2, 0) is 14.3 Å². The van der Waals surface area contributed by atoms with E-state index in [1.807, 2.05) is 0 Å². The maximum absolute atomic E-state index is 11.3. The van der Waals surface area contributed by atoms with Crippen LogP contribution in [0.5, 0.6) is 0 Å². The van der Waals surface area contributed by atoms with Crippen molar-refractivity contribution in [1.82, 2.24) is 0 Å². The normalized spacial score (nSPS) is 11.9. The van der Waals surface area contributed by atoms with Crippen LogP contribution in [0, 0.1) is 0 Å². The van der Waals surface area contributed by atoms with Gasteiger partial charge in [-0.15, -0.1) is 11.3 Å². The first kappa shape index (κ1) is 10.6. The lowest BCUT2D eigenvalue weighted by Crippen LogP contribution is -2.15. The molecule has 4 nitrogen and oxygen atoms in total. The molecule has 0 spiro atoms. The summed E-state index contributed by atoms with van der Waals surface area (Å²) in [6, 6.07) is 3.40. The van der Waals surface area contributed by atoms with Crippen LogP contribution < -0.4 is 5.11 Å². The second-order valence-electron chi connectivity index (χ2n) is 2.34. The monoisotopic (exact) mass is 213 g/mol. The molecule has 0 atom stereocenters. The minimum Gasteiger partial charge on any atom is -0.616 e. The van der Waals surface area contributed by atoms with Gasteiger partial charge in [0.15, 0.2) is 0 Å². The van der Waals surface area contributed by atoms with Gasteiger partial charge in [-0.25, -0.2) is 4.79 Å². The first-order chi connectivity index (χ1) is 6.70. The van der Waals surface area contributed by atoms with Crippen molar-refractivity contribution in [2.75, 3.05) is 14.2 Å². The number of esters is 1. The summed E-state index contributed by atoms with van der Waals surface area (Å²) >= 11 is 1.28. The third-order valence-corrected chi connectivity index (χ3v) is 2.43. The highest BCUT2D eigenvalue weighted by Crippen LogP contribution is 2.23. The predicted octanol–water partition coefficient (Wildman–Crippen LogP) is 0.596. The Morgan fingerprint density at radius 3 is 2.57 bits per heavy atom. The Hall–Kier alpha value is -1.49. The zero-order chi connectivity index (χ0) is 10.6. The lowest BCUT2D eigenvalue weighted by molar-refractivity contribution is -0.351. The highest BCUT2D eigenvalue weighted by molar-refractivity contribution is 7.11. The van der Waals surface area contributed by atoms with E-state index in [9.17, 15) is 9.90 Å². The van der Waals surface area contributed by atoms with Gasteiger partial charge in [0.05, 0.1) is 18.6 Å². The molecular formula is C9H9O4S-. The quantitative estimate of drug-likeness (QED) is 0.419. The molecule has 1 heterocycles. The topological polar surface area (TPSA) is 58.6 Å². The summed E-state index contributed by atoms with van der Waals surface area (Å²) in [7, 11) is 2.44. The predicted molar refractivity (Wildman–Crippen MR) is 50.3 cm³/mol. The Morgan fingerprint density at radius 2 is 2.14 bits per heavy atom. The van der Waals surface area contributed by atoms with Crippen LogP contribution >= 0.6 is 11.3 Å². The van der Waals surface area contributed by atoms with Crippen molar-refractivity contribution in [3.05, 3.63) is 28.3 Å². The fourth-order valence-corrected chi connectivity index (χ4v) is 1.65. The van der Waals surface area contributed by atoms with Crippen LogP contribution in [0.25, 0.3) is 5.57 Å². The van der Waals surface area contributed by atoms with Crippen molar-refractivity contribution in [1.29, 1.82) is 0 Å². The van der Waals surface area contributed by atoms with Gasteiger partial charge >= 0.3 is 5.97 Å². The van der Waals surface area contributed by atoms with E-state index in [2.05, 4.69) is 9.47 Å². The standard InChI is InChI=1S/C9H10O4S/c1-12-8(10)7(9(11)13-2)6-4-3-5-14-6/h3-5,10H,1-2H3/p-1/b8-7-. The smallest absolute Gasteiger partial charge is 0.341 e. The third-order valence-electron chi connectivity index (χ3n) is 1.55. The van der Waals surface area contributed by atoms with E-state index in [-0.39, 0.29) is 5.57 Å². The van der Waals surface area contributed by atoms with Gasteiger partial charge in [-0.3, -0.25) is 0 Å². The molecule has 5 heteroatoms. The molecule has 76 valence electrons. The Labute approximate surface area is 85.4 Å². The van der Waals surface area contributed by atoms with Gasteiger partial charge in [-0.2, -0.15) is 0 Å². The fourth-order valence-electron chi connectivity index (χ4n) is 0.909. The molecule has 0 saturated carbocycles. The number of hydrogen-bond acceptors (Lipinski definition) is 5. The van der Waals surface area contributed by atoms with Gasteiger partial charge in [-0.1, -0.05) is 6.07 Å². The molecule has 0 unspecified atom stereocenters. The Bertz CT molecular complexity index is 340. The molecular weight excluding hydrogens is 204 g/mol. The van der Waals surface area contributed by atoms with E-state index in [0.29, 0.717) is 4.88 Å². The van der Waals surface area contributed by atoms with Crippen LogP contribution in [0.4, 0.5) is 0 Å². The summed E-state index contributed by atoms with van der Waals surface area (Å²) in [5.74, 6) is -1.36. The number of thiophene rings is 1. The minimum atomic E-state index is -0.681. The third kappa shape index (κ3) is 2.05. The van der Waals surface area contributed by atoms with E-state index >= 15 is 0 Å². The van der Waals surface area contributed by atoms with Gasteiger partial charge < -0.3 is 14.6 Å². The van der Waals surface area contributed by atoms with E-state index in [1.165, 1.54) is 25.6 Å². The fraction of sp³-hybridized carbons (Fsp3) is 0.222. The molecule has 0 bridgehead atoms. The molecule has 0 saturated heterocycles. The van der Waals surface area contributed by atoms with Crippen LogP contribution in [0.1, 0.15) is 4.88 Å². The average molecular weight is 213 g/mol. The number of rotatable bonds is 3. The van der Waals surface area contributed by atoms with Crippen molar-refractivity contribution in [2.24, 2.45) is 0 Å². The zero-order valence-electron chi connectivity index (χ0n) is 7.77. The van der Waals surface area contributed by atoms with E-state index < -0.39 is 11.9 Å². The van der Waals surface area contributed by atoms with Crippen molar-refractivity contribution in [3.8, 4) is 0 Å². The molecule has 0 aliphatic carbocycles. The molecule has 0 radical (unpaired) electrons. The van der Waals surface area contributed by atoms with Gasteiger partial charge in [0, 0.05) is 4.88 Å². The van der Waals surface area contributed by atoms with Crippen molar-refractivity contribution < 1.29 is 19.4 Å². The van der Waals surface area contributed by atoms with Crippen molar-refractivity contribution in [2.45, 2.75) is 0 Å². The number of ether oxygens (including phenoxy) is 2. The highest BCUT2D eigenvalue weighted by Gasteiger charge is 2.15. The molecule has 1 rings (SSSR count). The summed E-state index contributed by atoms with van der Waals surface area (Å²) in [5.41, 5.74) is -0.0648. The van der Waals surface area contributed by atoms with E-state index in [4.69, 9.17) is 0 Å². The first-order valence-electron chi connectivity index (χ1n) is 3.78. The van der Waals surface area contributed by atoms with Gasteiger partial charge in [0.2, 0.25) is 0 Å². The average Bonchev–Trinajstić information content (AvgIpc) is 2.70. The zero-order valence-corrected chi connectivity index (χ0v) is 8.59. The second kappa shape index (κ2) is 4.66. The molecule has 0 N–H and O–H groups in total. The van der Waals surface area contributed by atoms with E-state index in [1.54, 1.807) is 17.5 Å². The molecule has 0 fully saturated rings. The number of carbonyl (C=O) groups is 1. The SMILES string of the molecule is COC(=O)/C(=C(/[O-])OC)c1cccs1. The van der Waals surface area contributed by atoms with E-state index in [0.717, 1.165) is 0 Å². The number of hydrogen-bond donors (Lipinski definition) is 0. The first-order valence-corrected chi connectivity index (χ1v) is 4.66. The van der Waals surface area contributed by atoms with Gasteiger partial charge in [0.25, 0.3) is 0 Å². The summed E-state index contributed by atoms with van der Waals surface area (Å²) in [6.45, 7) is 0. The number of methoxy groups -OCH3 is 2. The second-order valence-corrected chi connectivity index (χ2v) is 3.28. The summed E-state index contributed by atoms with van der Waals surface area (Å²) < 4.78 is 8.98. The summed E-state index contributed by atoms with van der Waals surface area (Å²) in [5, 5.41) is 13.0. The van der Waals surface area contributed by atoms with Crippen molar-refractivity contribution >= 4 is 22.9 Å². The van der Waals surface area contributed by atoms with Gasteiger partial charge in [0.1, 0.15) is 0 Å². The lowest BCUT2D eigenvalue weighted by atomic mass is 10.2. The Kier molecular flexibility index (Phi) is 3.53. The maximum Gasteiger partial charge on any atom is 0.341 e. The molecule has 0 aliphatic heterocycles. The largest absolute Gasteiger partial charge is 0.616 e.